The molecule has 4 rings (SSSR count). The number of allylic oxidation sites excluding steroid dienone is 1. The van der Waals surface area contributed by atoms with Crippen LogP contribution < -0.4 is 10.6 Å². The minimum atomic E-state index is -0.713. The standard InChI is InChI=1S/C20H18FN5O/c1-12-7-9-14(10-8-12)25-19(27)17-13(2)24-20-22-11-23-26(20)18(17)15-5-3-4-6-16(15)21/h3-11,18H,1-2H3,(H,25,27)(H,22,23,24). The molecular weight excluding hydrogens is 345 g/mol. The van der Waals surface area contributed by atoms with Crippen LogP contribution in [0.4, 0.5) is 16.0 Å². The second-order valence-corrected chi connectivity index (χ2v) is 6.44. The number of hydrogen-bond donors (Lipinski definition) is 2. The van der Waals surface area contributed by atoms with Gasteiger partial charge in [-0.2, -0.15) is 10.1 Å². The van der Waals surface area contributed by atoms with Gasteiger partial charge in [0, 0.05) is 16.9 Å². The summed E-state index contributed by atoms with van der Waals surface area (Å²) >= 11 is 0. The molecule has 0 saturated carbocycles. The van der Waals surface area contributed by atoms with Crippen molar-refractivity contribution in [2.45, 2.75) is 19.9 Å². The zero-order chi connectivity index (χ0) is 19.0. The fourth-order valence-corrected chi connectivity index (χ4v) is 3.20. The number of amides is 1. The summed E-state index contributed by atoms with van der Waals surface area (Å²) in [6.45, 7) is 3.75. The molecule has 1 amide bonds. The van der Waals surface area contributed by atoms with Gasteiger partial charge in [0.25, 0.3) is 5.91 Å². The van der Waals surface area contributed by atoms with Gasteiger partial charge in [-0.15, -0.1) is 0 Å². The molecule has 0 saturated heterocycles. The fourth-order valence-electron chi connectivity index (χ4n) is 3.20. The Labute approximate surface area is 155 Å². The van der Waals surface area contributed by atoms with Gasteiger partial charge in [-0.05, 0) is 32.0 Å². The highest BCUT2D eigenvalue weighted by molar-refractivity contribution is 6.06. The molecule has 1 aliphatic heterocycles. The van der Waals surface area contributed by atoms with Gasteiger partial charge >= 0.3 is 0 Å². The highest BCUT2D eigenvalue weighted by Crippen LogP contribution is 2.36. The van der Waals surface area contributed by atoms with E-state index in [0.29, 0.717) is 28.5 Å². The summed E-state index contributed by atoms with van der Waals surface area (Å²) in [5, 5.41) is 10.2. The molecule has 1 atom stereocenters. The Morgan fingerprint density at radius 1 is 1.15 bits per heavy atom. The molecule has 1 aromatic heterocycles. The average Bonchev–Trinajstić information content (AvgIpc) is 3.11. The summed E-state index contributed by atoms with van der Waals surface area (Å²) < 4.78 is 16.1. The van der Waals surface area contributed by atoms with E-state index in [4.69, 9.17) is 0 Å². The molecule has 2 aromatic carbocycles. The van der Waals surface area contributed by atoms with Crippen molar-refractivity contribution in [3.05, 3.63) is 83.1 Å². The minimum absolute atomic E-state index is 0.321. The summed E-state index contributed by atoms with van der Waals surface area (Å²) in [6.07, 6.45) is 1.38. The fraction of sp³-hybridized carbons (Fsp3) is 0.150. The Bertz CT molecular complexity index is 1040. The highest BCUT2D eigenvalue weighted by atomic mass is 19.1. The van der Waals surface area contributed by atoms with Crippen LogP contribution in [-0.2, 0) is 4.79 Å². The molecule has 0 radical (unpaired) electrons. The SMILES string of the molecule is CC1=C(C(=O)Nc2ccc(C)cc2)C(c2ccccc2F)n2ncnc2N1. The Hall–Kier alpha value is -3.48. The third-order valence-corrected chi connectivity index (χ3v) is 4.55. The first-order chi connectivity index (χ1) is 13.0. The predicted molar refractivity (Wildman–Crippen MR) is 101 cm³/mol. The number of fused-ring (bicyclic) bond motifs is 1. The normalized spacial score (nSPS) is 15.9. The summed E-state index contributed by atoms with van der Waals surface area (Å²) in [4.78, 5) is 17.2. The summed E-state index contributed by atoms with van der Waals surface area (Å²) in [7, 11) is 0. The van der Waals surface area contributed by atoms with Gasteiger partial charge in [0.15, 0.2) is 0 Å². The van der Waals surface area contributed by atoms with E-state index in [1.165, 1.54) is 17.1 Å². The van der Waals surface area contributed by atoms with Gasteiger partial charge in [0.2, 0.25) is 5.95 Å². The molecule has 1 unspecified atom stereocenters. The minimum Gasteiger partial charge on any atom is -0.328 e. The largest absolute Gasteiger partial charge is 0.328 e. The Morgan fingerprint density at radius 3 is 2.63 bits per heavy atom. The molecule has 0 bridgehead atoms. The van der Waals surface area contributed by atoms with Gasteiger partial charge in [0.1, 0.15) is 18.2 Å². The van der Waals surface area contributed by atoms with Gasteiger partial charge < -0.3 is 10.6 Å². The van der Waals surface area contributed by atoms with Gasteiger partial charge in [-0.1, -0.05) is 35.9 Å². The monoisotopic (exact) mass is 363 g/mol. The zero-order valence-corrected chi connectivity index (χ0v) is 14.9. The number of hydrogen-bond acceptors (Lipinski definition) is 4. The zero-order valence-electron chi connectivity index (χ0n) is 14.9. The van der Waals surface area contributed by atoms with Crippen LogP contribution in [0.25, 0.3) is 0 Å². The highest BCUT2D eigenvalue weighted by Gasteiger charge is 2.34. The second kappa shape index (κ2) is 6.68. The lowest BCUT2D eigenvalue weighted by Crippen LogP contribution is -2.32. The van der Waals surface area contributed by atoms with Gasteiger partial charge in [0.05, 0.1) is 5.57 Å². The summed E-state index contributed by atoms with van der Waals surface area (Å²) in [5.41, 5.74) is 3.12. The molecule has 136 valence electrons. The molecular formula is C20H18FN5O. The van der Waals surface area contributed by atoms with Gasteiger partial charge in [-0.25, -0.2) is 9.07 Å². The van der Waals surface area contributed by atoms with Gasteiger partial charge in [-0.3, -0.25) is 4.79 Å². The molecule has 3 aromatic rings. The van der Waals surface area contributed by atoms with E-state index in [2.05, 4.69) is 20.7 Å². The van der Waals surface area contributed by atoms with Crippen molar-refractivity contribution >= 4 is 17.5 Å². The third kappa shape index (κ3) is 3.08. The van der Waals surface area contributed by atoms with Crippen LogP contribution in [-0.4, -0.2) is 20.7 Å². The van der Waals surface area contributed by atoms with E-state index < -0.39 is 11.9 Å². The molecule has 0 spiro atoms. The Morgan fingerprint density at radius 2 is 1.89 bits per heavy atom. The van der Waals surface area contributed by atoms with Crippen molar-refractivity contribution in [3.8, 4) is 0 Å². The van der Waals surface area contributed by atoms with E-state index >= 15 is 0 Å². The number of nitrogens with zero attached hydrogens (tertiary/aromatic N) is 3. The molecule has 0 aliphatic carbocycles. The maximum Gasteiger partial charge on any atom is 0.255 e. The van der Waals surface area contributed by atoms with Crippen LogP contribution in [0.1, 0.15) is 24.1 Å². The van der Waals surface area contributed by atoms with Crippen molar-refractivity contribution in [2.24, 2.45) is 0 Å². The van der Waals surface area contributed by atoms with E-state index in [0.717, 1.165) is 5.56 Å². The first-order valence-electron chi connectivity index (χ1n) is 8.54. The first kappa shape index (κ1) is 17.0. The van der Waals surface area contributed by atoms with Crippen LogP contribution in [0.5, 0.6) is 0 Å². The summed E-state index contributed by atoms with van der Waals surface area (Å²) in [5.74, 6) is -0.259. The molecule has 6 nitrogen and oxygen atoms in total. The van der Waals surface area contributed by atoms with Crippen molar-refractivity contribution in [2.75, 3.05) is 10.6 Å². The van der Waals surface area contributed by atoms with E-state index in [1.807, 2.05) is 31.2 Å². The van der Waals surface area contributed by atoms with Crippen LogP contribution in [0.2, 0.25) is 0 Å². The number of aromatic nitrogens is 3. The number of benzene rings is 2. The van der Waals surface area contributed by atoms with E-state index in [1.54, 1.807) is 25.1 Å². The van der Waals surface area contributed by atoms with Crippen molar-refractivity contribution < 1.29 is 9.18 Å². The Balaban J connectivity index is 1.77. The number of carbonyl (C=O) groups is 1. The topological polar surface area (TPSA) is 71.8 Å². The molecule has 2 N–H and O–H groups in total. The number of anilines is 2. The molecule has 0 fully saturated rings. The van der Waals surface area contributed by atoms with Crippen molar-refractivity contribution in [3.63, 3.8) is 0 Å². The predicted octanol–water partition coefficient (Wildman–Crippen LogP) is 3.65. The average molecular weight is 363 g/mol. The van der Waals surface area contributed by atoms with E-state index in [-0.39, 0.29) is 5.91 Å². The Kier molecular flexibility index (Phi) is 4.19. The molecule has 27 heavy (non-hydrogen) atoms. The third-order valence-electron chi connectivity index (χ3n) is 4.55. The van der Waals surface area contributed by atoms with Crippen LogP contribution in [0.3, 0.4) is 0 Å². The number of halogens is 1. The molecule has 1 aliphatic rings. The smallest absolute Gasteiger partial charge is 0.255 e. The second-order valence-electron chi connectivity index (χ2n) is 6.44. The maximum absolute atomic E-state index is 14.6. The lowest BCUT2D eigenvalue weighted by molar-refractivity contribution is -0.113. The lowest BCUT2D eigenvalue weighted by Gasteiger charge is -2.29. The number of nitrogens with one attached hydrogen (secondary N) is 2. The number of carbonyl (C=O) groups excluding carboxylic acids is 1. The number of rotatable bonds is 3. The summed E-state index contributed by atoms with van der Waals surface area (Å²) in [6, 6.07) is 13.2. The van der Waals surface area contributed by atoms with Crippen molar-refractivity contribution in [1.82, 2.24) is 14.8 Å². The molecule has 7 heteroatoms. The van der Waals surface area contributed by atoms with Crippen molar-refractivity contribution in [1.29, 1.82) is 0 Å². The number of aryl methyl sites for hydroxylation is 1. The van der Waals surface area contributed by atoms with Crippen LogP contribution >= 0.6 is 0 Å². The molecule has 2 heterocycles. The maximum atomic E-state index is 14.6. The lowest BCUT2D eigenvalue weighted by atomic mass is 9.94. The quantitative estimate of drug-likeness (QED) is 0.745. The van der Waals surface area contributed by atoms with Crippen LogP contribution in [0.15, 0.2) is 66.1 Å². The first-order valence-corrected chi connectivity index (χ1v) is 8.54. The van der Waals surface area contributed by atoms with Crippen LogP contribution in [0, 0.1) is 12.7 Å². The van der Waals surface area contributed by atoms with E-state index in [9.17, 15) is 9.18 Å².